The molecule has 2 heteroatoms. The van der Waals surface area contributed by atoms with Crippen molar-refractivity contribution in [3.05, 3.63) is 0 Å². The summed E-state index contributed by atoms with van der Waals surface area (Å²) in [6.07, 6.45) is 5.26. The lowest BCUT2D eigenvalue weighted by atomic mass is 10.0. The summed E-state index contributed by atoms with van der Waals surface area (Å²) in [5, 5.41) is 7.03. The summed E-state index contributed by atoms with van der Waals surface area (Å²) in [6.45, 7) is 8.20. The fourth-order valence-corrected chi connectivity index (χ4v) is 2.03. The minimum Gasteiger partial charge on any atom is -0.316 e. The van der Waals surface area contributed by atoms with Gasteiger partial charge in [-0.3, -0.25) is 0 Å². The van der Waals surface area contributed by atoms with Gasteiger partial charge in [0.25, 0.3) is 0 Å². The van der Waals surface area contributed by atoms with E-state index in [-0.39, 0.29) is 0 Å². The van der Waals surface area contributed by atoms with E-state index in [4.69, 9.17) is 0 Å². The lowest BCUT2D eigenvalue weighted by molar-refractivity contribution is 0.436. The number of hydrogen-bond acceptors (Lipinski definition) is 2. The van der Waals surface area contributed by atoms with E-state index >= 15 is 0 Å². The lowest BCUT2D eigenvalue weighted by Crippen LogP contribution is -2.29. The molecule has 78 valence electrons. The summed E-state index contributed by atoms with van der Waals surface area (Å²) in [5.74, 6) is 0.932. The molecule has 1 atom stereocenters. The van der Waals surface area contributed by atoms with Crippen LogP contribution in [0.4, 0.5) is 0 Å². The van der Waals surface area contributed by atoms with Crippen LogP contribution >= 0.6 is 0 Å². The predicted molar refractivity (Wildman–Crippen MR) is 58.0 cm³/mol. The second-order valence-corrected chi connectivity index (χ2v) is 4.12. The minimum absolute atomic E-state index is 0.745. The van der Waals surface area contributed by atoms with Gasteiger partial charge in [-0.25, -0.2) is 0 Å². The van der Waals surface area contributed by atoms with Crippen LogP contribution in [0.5, 0.6) is 0 Å². The molecule has 0 aliphatic carbocycles. The van der Waals surface area contributed by atoms with Gasteiger partial charge in [0.05, 0.1) is 0 Å². The summed E-state index contributed by atoms with van der Waals surface area (Å²) in [6, 6.07) is 0.745. The van der Waals surface area contributed by atoms with Crippen molar-refractivity contribution < 1.29 is 0 Å². The van der Waals surface area contributed by atoms with Crippen LogP contribution in [0.15, 0.2) is 0 Å². The molecule has 1 unspecified atom stereocenters. The summed E-state index contributed by atoms with van der Waals surface area (Å²) < 4.78 is 0. The van der Waals surface area contributed by atoms with E-state index < -0.39 is 0 Å². The van der Waals surface area contributed by atoms with E-state index in [1.807, 2.05) is 0 Å². The Morgan fingerprint density at radius 1 is 1.38 bits per heavy atom. The summed E-state index contributed by atoms with van der Waals surface area (Å²) >= 11 is 0. The molecule has 0 bridgehead atoms. The molecular weight excluding hydrogens is 160 g/mol. The molecule has 0 aromatic heterocycles. The van der Waals surface area contributed by atoms with Crippen LogP contribution < -0.4 is 10.6 Å². The van der Waals surface area contributed by atoms with E-state index in [0.717, 1.165) is 12.0 Å². The van der Waals surface area contributed by atoms with Gasteiger partial charge in [-0.2, -0.15) is 0 Å². The Balaban J connectivity index is 1.98. The van der Waals surface area contributed by atoms with Gasteiger partial charge in [0.15, 0.2) is 0 Å². The fourth-order valence-electron chi connectivity index (χ4n) is 2.03. The smallest absolute Gasteiger partial charge is 0.00618 e. The molecule has 0 aromatic rings. The molecule has 0 radical (unpaired) electrons. The second-order valence-electron chi connectivity index (χ2n) is 4.12. The molecule has 2 nitrogen and oxygen atoms in total. The number of nitrogens with one attached hydrogen (secondary N) is 2. The first kappa shape index (κ1) is 11.0. The molecule has 0 aromatic carbocycles. The molecule has 0 amide bonds. The van der Waals surface area contributed by atoms with Crippen LogP contribution in [0.1, 0.15) is 39.5 Å². The van der Waals surface area contributed by atoms with Crippen molar-refractivity contribution in [2.24, 2.45) is 5.92 Å². The molecule has 0 saturated carbocycles. The molecule has 1 aliphatic heterocycles. The predicted octanol–water partition coefficient (Wildman–Crippen LogP) is 1.76. The highest BCUT2D eigenvalue weighted by Crippen LogP contribution is 2.11. The average Bonchev–Trinajstić information content (AvgIpc) is 2.65. The van der Waals surface area contributed by atoms with Gasteiger partial charge in [-0.1, -0.05) is 13.8 Å². The maximum Gasteiger partial charge on any atom is 0.00618 e. The Kier molecular flexibility index (Phi) is 5.40. The van der Waals surface area contributed by atoms with Crippen molar-refractivity contribution in [1.82, 2.24) is 10.6 Å². The maximum atomic E-state index is 3.62. The Bertz CT molecular complexity index is 113. The van der Waals surface area contributed by atoms with Gasteiger partial charge in [0.1, 0.15) is 0 Å². The van der Waals surface area contributed by atoms with Crippen molar-refractivity contribution in [3.8, 4) is 0 Å². The zero-order chi connectivity index (χ0) is 9.52. The van der Waals surface area contributed by atoms with E-state index in [9.17, 15) is 0 Å². The highest BCUT2D eigenvalue weighted by Gasteiger charge is 2.13. The third-order valence-corrected chi connectivity index (χ3v) is 3.13. The van der Waals surface area contributed by atoms with Crippen molar-refractivity contribution in [1.29, 1.82) is 0 Å². The number of rotatable bonds is 6. The van der Waals surface area contributed by atoms with Gasteiger partial charge in [0, 0.05) is 6.04 Å². The van der Waals surface area contributed by atoms with Crippen LogP contribution in [0.3, 0.4) is 0 Å². The van der Waals surface area contributed by atoms with Gasteiger partial charge >= 0.3 is 0 Å². The first-order valence-electron chi connectivity index (χ1n) is 5.80. The third kappa shape index (κ3) is 4.10. The van der Waals surface area contributed by atoms with Gasteiger partial charge < -0.3 is 10.6 Å². The van der Waals surface area contributed by atoms with Crippen LogP contribution in [-0.2, 0) is 0 Å². The molecule has 2 N–H and O–H groups in total. The largest absolute Gasteiger partial charge is 0.316 e. The first-order chi connectivity index (χ1) is 6.36. The van der Waals surface area contributed by atoms with E-state index in [1.54, 1.807) is 0 Å². The molecule has 0 spiro atoms. The number of hydrogen-bond donors (Lipinski definition) is 2. The Morgan fingerprint density at radius 3 is 2.69 bits per heavy atom. The molecule has 1 heterocycles. The highest BCUT2D eigenvalue weighted by atomic mass is 14.9. The van der Waals surface area contributed by atoms with Gasteiger partial charge in [0.2, 0.25) is 0 Å². The van der Waals surface area contributed by atoms with Crippen LogP contribution in [-0.4, -0.2) is 25.7 Å². The van der Waals surface area contributed by atoms with Crippen molar-refractivity contribution in [2.45, 2.75) is 45.6 Å². The third-order valence-electron chi connectivity index (χ3n) is 3.13. The van der Waals surface area contributed by atoms with Gasteiger partial charge in [-0.15, -0.1) is 0 Å². The monoisotopic (exact) mass is 184 g/mol. The zero-order valence-electron chi connectivity index (χ0n) is 9.10. The quantitative estimate of drug-likeness (QED) is 0.657. The lowest BCUT2D eigenvalue weighted by Gasteiger charge is -2.16. The zero-order valence-corrected chi connectivity index (χ0v) is 9.10. The average molecular weight is 184 g/mol. The van der Waals surface area contributed by atoms with Crippen LogP contribution in [0, 0.1) is 5.92 Å². The molecule has 13 heavy (non-hydrogen) atoms. The Hall–Kier alpha value is -0.0800. The molecule has 1 rings (SSSR count). The van der Waals surface area contributed by atoms with Crippen molar-refractivity contribution >= 4 is 0 Å². The Labute approximate surface area is 82.5 Å². The summed E-state index contributed by atoms with van der Waals surface area (Å²) in [7, 11) is 0. The normalized spacial score (nSPS) is 22.8. The standard InChI is InChI=1S/C11H24N2/c1-3-11(4-2)13-8-6-10-5-7-12-9-10/h10-13H,3-9H2,1-2H3. The molecular formula is C11H24N2. The van der Waals surface area contributed by atoms with E-state index in [1.165, 1.54) is 45.3 Å². The first-order valence-corrected chi connectivity index (χ1v) is 5.80. The van der Waals surface area contributed by atoms with Crippen molar-refractivity contribution in [2.75, 3.05) is 19.6 Å². The van der Waals surface area contributed by atoms with Crippen LogP contribution in [0.25, 0.3) is 0 Å². The van der Waals surface area contributed by atoms with Gasteiger partial charge in [-0.05, 0) is 51.2 Å². The van der Waals surface area contributed by atoms with E-state index in [2.05, 4.69) is 24.5 Å². The SMILES string of the molecule is CCC(CC)NCCC1CCNC1. The Morgan fingerprint density at radius 2 is 2.15 bits per heavy atom. The minimum atomic E-state index is 0.745. The molecule has 1 saturated heterocycles. The van der Waals surface area contributed by atoms with E-state index in [0.29, 0.717) is 0 Å². The highest BCUT2D eigenvalue weighted by molar-refractivity contribution is 4.72. The molecule has 1 aliphatic rings. The molecule has 1 fully saturated rings. The van der Waals surface area contributed by atoms with Crippen LogP contribution in [0.2, 0.25) is 0 Å². The topological polar surface area (TPSA) is 24.1 Å². The fraction of sp³-hybridized carbons (Fsp3) is 1.00. The maximum absolute atomic E-state index is 3.62. The summed E-state index contributed by atoms with van der Waals surface area (Å²) in [4.78, 5) is 0. The summed E-state index contributed by atoms with van der Waals surface area (Å²) in [5.41, 5.74) is 0. The van der Waals surface area contributed by atoms with Crippen molar-refractivity contribution in [3.63, 3.8) is 0 Å². The second kappa shape index (κ2) is 6.39.